The minimum atomic E-state index is -0.228. The minimum absolute atomic E-state index is 0.228. The largest absolute Gasteiger partial charge is 0.444 e. The molecule has 5 nitrogen and oxygen atoms in total. The van der Waals surface area contributed by atoms with E-state index >= 15 is 0 Å². The summed E-state index contributed by atoms with van der Waals surface area (Å²) in [4.78, 5) is 16.2. The molecule has 0 radical (unpaired) electrons. The maximum Gasteiger partial charge on any atom is 0.251 e. The molecule has 0 atom stereocenters. The number of hydrogen-bond donors (Lipinski definition) is 2. The van der Waals surface area contributed by atoms with Crippen molar-refractivity contribution in [3.05, 3.63) is 53.2 Å². The highest BCUT2D eigenvalue weighted by molar-refractivity contribution is 7.80. The Morgan fingerprint density at radius 1 is 1.47 bits per heavy atom. The van der Waals surface area contributed by atoms with Gasteiger partial charge < -0.3 is 15.5 Å². The number of amides is 1. The number of thiocarbonyl (C=S) groups is 1. The van der Waals surface area contributed by atoms with Crippen molar-refractivity contribution in [1.29, 1.82) is 0 Å². The Labute approximate surface area is 115 Å². The molecule has 0 unspecified atom stereocenters. The molecule has 0 aliphatic carbocycles. The van der Waals surface area contributed by atoms with Gasteiger partial charge >= 0.3 is 0 Å². The lowest BCUT2D eigenvalue weighted by Crippen LogP contribution is -2.23. The first-order valence-corrected chi connectivity index (χ1v) is 6.06. The van der Waals surface area contributed by atoms with E-state index in [1.54, 1.807) is 37.4 Å². The van der Waals surface area contributed by atoms with Gasteiger partial charge in [-0.25, -0.2) is 4.98 Å². The van der Waals surface area contributed by atoms with Crippen LogP contribution in [0.2, 0.25) is 0 Å². The molecule has 0 bridgehead atoms. The van der Waals surface area contributed by atoms with Crippen molar-refractivity contribution < 1.29 is 9.21 Å². The van der Waals surface area contributed by atoms with Crippen LogP contribution < -0.4 is 11.1 Å². The van der Waals surface area contributed by atoms with Crippen LogP contribution in [0.4, 0.5) is 0 Å². The maximum atomic E-state index is 11.9. The lowest BCUT2D eigenvalue weighted by atomic mass is 10.1. The molecule has 1 amide bonds. The van der Waals surface area contributed by atoms with Crippen LogP contribution in [0.25, 0.3) is 0 Å². The Hall–Kier alpha value is -2.21. The average Bonchev–Trinajstić information content (AvgIpc) is 2.82. The third-order valence-corrected chi connectivity index (χ3v) is 2.71. The predicted molar refractivity (Wildman–Crippen MR) is 74.7 cm³/mol. The summed E-state index contributed by atoms with van der Waals surface area (Å²) >= 11 is 4.87. The molecule has 6 heteroatoms. The molecule has 3 N–H and O–H groups in total. The Bertz CT molecular complexity index is 622. The number of nitrogens with two attached hydrogens (primary N) is 1. The summed E-state index contributed by atoms with van der Waals surface area (Å²) in [5.41, 5.74) is 6.68. The van der Waals surface area contributed by atoms with Crippen molar-refractivity contribution in [2.75, 3.05) is 0 Å². The predicted octanol–water partition coefficient (Wildman–Crippen LogP) is 1.55. The number of aryl methyl sites for hydroxylation is 1. The fourth-order valence-corrected chi connectivity index (χ4v) is 1.68. The summed E-state index contributed by atoms with van der Waals surface area (Å²) in [5, 5.41) is 2.72. The lowest BCUT2D eigenvalue weighted by molar-refractivity contribution is 0.0947. The Balaban J connectivity index is 2.03. The Morgan fingerprint density at radius 3 is 2.84 bits per heavy atom. The molecule has 2 aromatic rings. The van der Waals surface area contributed by atoms with Gasteiger partial charge in [-0.2, -0.15) is 0 Å². The van der Waals surface area contributed by atoms with E-state index in [0.29, 0.717) is 22.8 Å². The number of nitrogens with zero attached hydrogens (tertiary/aromatic N) is 1. The quantitative estimate of drug-likeness (QED) is 0.827. The molecular weight excluding hydrogens is 262 g/mol. The molecule has 0 saturated carbocycles. The summed E-state index contributed by atoms with van der Waals surface area (Å²) in [6.45, 7) is 2.04. The van der Waals surface area contributed by atoms with Gasteiger partial charge in [-0.3, -0.25) is 4.79 Å². The zero-order valence-electron chi connectivity index (χ0n) is 10.3. The fourth-order valence-electron chi connectivity index (χ4n) is 1.55. The van der Waals surface area contributed by atoms with Crippen LogP contribution in [-0.2, 0) is 6.54 Å². The van der Waals surface area contributed by atoms with E-state index in [2.05, 4.69) is 10.3 Å². The molecule has 1 heterocycles. The number of oxazole rings is 1. The van der Waals surface area contributed by atoms with Crippen molar-refractivity contribution >= 4 is 23.1 Å². The fraction of sp³-hybridized carbons (Fsp3) is 0.154. The van der Waals surface area contributed by atoms with Crippen molar-refractivity contribution in [3.8, 4) is 0 Å². The highest BCUT2D eigenvalue weighted by Gasteiger charge is 2.08. The molecule has 0 aliphatic heterocycles. The molecule has 0 spiro atoms. The zero-order valence-corrected chi connectivity index (χ0v) is 11.2. The number of nitrogens with one attached hydrogen (secondary N) is 1. The number of hydrogen-bond acceptors (Lipinski definition) is 4. The van der Waals surface area contributed by atoms with Crippen LogP contribution in [0.3, 0.4) is 0 Å². The lowest BCUT2D eigenvalue weighted by Gasteiger charge is -2.04. The molecule has 2 rings (SSSR count). The highest BCUT2D eigenvalue weighted by Crippen LogP contribution is 2.06. The van der Waals surface area contributed by atoms with E-state index in [1.165, 1.54) is 0 Å². The molecule has 0 fully saturated rings. The van der Waals surface area contributed by atoms with Gasteiger partial charge in [0.05, 0.1) is 12.7 Å². The molecule has 0 aliphatic rings. The number of carbonyl (C=O) groups excluding carboxylic acids is 1. The second kappa shape index (κ2) is 5.62. The van der Waals surface area contributed by atoms with Gasteiger partial charge in [-0.15, -0.1) is 0 Å². The second-order valence-electron chi connectivity index (χ2n) is 3.99. The van der Waals surface area contributed by atoms with Crippen molar-refractivity contribution in [2.24, 2.45) is 5.73 Å². The van der Waals surface area contributed by atoms with E-state index in [4.69, 9.17) is 22.4 Å². The summed E-state index contributed by atoms with van der Waals surface area (Å²) in [6.07, 6.45) is 1.61. The highest BCUT2D eigenvalue weighted by atomic mass is 32.1. The molecule has 19 heavy (non-hydrogen) atoms. The normalized spacial score (nSPS) is 10.2. The summed E-state index contributed by atoms with van der Waals surface area (Å²) < 4.78 is 5.27. The molecule has 0 saturated heterocycles. The van der Waals surface area contributed by atoms with Crippen molar-refractivity contribution in [1.82, 2.24) is 10.3 Å². The standard InChI is InChI=1S/C13H13N3O2S/c1-8-6-15-11(18-8)7-16-13(17)10-4-2-3-9(5-10)12(14)19/h2-6H,7H2,1H3,(H2,14,19)(H,16,17). The summed E-state index contributed by atoms with van der Waals surface area (Å²) in [6, 6.07) is 6.84. The first kappa shape index (κ1) is 13.2. The van der Waals surface area contributed by atoms with E-state index in [9.17, 15) is 4.79 Å². The van der Waals surface area contributed by atoms with Crippen molar-refractivity contribution in [2.45, 2.75) is 13.5 Å². The summed E-state index contributed by atoms with van der Waals surface area (Å²) in [5.74, 6) is 0.949. The van der Waals surface area contributed by atoms with Gasteiger partial charge in [0, 0.05) is 11.1 Å². The number of benzene rings is 1. The Kier molecular flexibility index (Phi) is 3.91. The van der Waals surface area contributed by atoms with E-state index in [1.807, 2.05) is 0 Å². The van der Waals surface area contributed by atoms with E-state index < -0.39 is 0 Å². The first-order valence-electron chi connectivity index (χ1n) is 5.65. The first-order chi connectivity index (χ1) is 9.06. The Morgan fingerprint density at radius 2 is 2.21 bits per heavy atom. The third kappa shape index (κ3) is 3.38. The van der Waals surface area contributed by atoms with Gasteiger partial charge in [-0.05, 0) is 19.1 Å². The van der Waals surface area contributed by atoms with Crippen LogP contribution in [0.15, 0.2) is 34.9 Å². The maximum absolute atomic E-state index is 11.9. The second-order valence-corrected chi connectivity index (χ2v) is 4.43. The smallest absolute Gasteiger partial charge is 0.251 e. The zero-order chi connectivity index (χ0) is 13.8. The molecular formula is C13H13N3O2S. The van der Waals surface area contributed by atoms with Gasteiger partial charge in [0.2, 0.25) is 5.89 Å². The number of aromatic nitrogens is 1. The molecule has 1 aromatic carbocycles. The van der Waals surface area contributed by atoms with E-state index in [0.717, 1.165) is 0 Å². The minimum Gasteiger partial charge on any atom is -0.444 e. The van der Waals surface area contributed by atoms with Gasteiger partial charge in [0.15, 0.2) is 0 Å². The SMILES string of the molecule is Cc1cnc(CNC(=O)c2cccc(C(N)=S)c2)o1. The number of rotatable bonds is 4. The van der Waals surface area contributed by atoms with Crippen LogP contribution >= 0.6 is 12.2 Å². The topological polar surface area (TPSA) is 81.2 Å². The number of carbonyl (C=O) groups is 1. The monoisotopic (exact) mass is 275 g/mol. The third-order valence-electron chi connectivity index (χ3n) is 2.48. The van der Waals surface area contributed by atoms with Crippen LogP contribution in [0, 0.1) is 6.92 Å². The van der Waals surface area contributed by atoms with Gasteiger partial charge in [-0.1, -0.05) is 24.4 Å². The van der Waals surface area contributed by atoms with Crippen LogP contribution in [0.5, 0.6) is 0 Å². The molecule has 98 valence electrons. The van der Waals surface area contributed by atoms with Gasteiger partial charge in [0.1, 0.15) is 10.7 Å². The van der Waals surface area contributed by atoms with Crippen molar-refractivity contribution in [3.63, 3.8) is 0 Å². The molecule has 1 aromatic heterocycles. The van der Waals surface area contributed by atoms with Crippen LogP contribution in [-0.4, -0.2) is 15.9 Å². The van der Waals surface area contributed by atoms with Gasteiger partial charge in [0.25, 0.3) is 5.91 Å². The summed E-state index contributed by atoms with van der Waals surface area (Å²) in [7, 11) is 0. The van der Waals surface area contributed by atoms with Crippen LogP contribution in [0.1, 0.15) is 27.6 Å². The van der Waals surface area contributed by atoms with E-state index in [-0.39, 0.29) is 17.4 Å². The average molecular weight is 275 g/mol.